The van der Waals surface area contributed by atoms with Crippen LogP contribution in [0.15, 0.2) is 35.0 Å². The van der Waals surface area contributed by atoms with Crippen molar-refractivity contribution in [2.75, 3.05) is 26.7 Å². The molecule has 0 radical (unpaired) electrons. The number of likely N-dealkylation sites (tertiary alicyclic amines) is 1. The molecule has 8 heteroatoms. The molecule has 1 aromatic carbocycles. The molecule has 35 heavy (non-hydrogen) atoms. The first-order valence-electron chi connectivity index (χ1n) is 12.6. The van der Waals surface area contributed by atoms with E-state index in [9.17, 15) is 9.59 Å². The smallest absolute Gasteiger partial charge is 0.289 e. The molecule has 2 amide bonds. The van der Waals surface area contributed by atoms with Gasteiger partial charge in [-0.2, -0.15) is 5.10 Å². The fourth-order valence-electron chi connectivity index (χ4n) is 4.94. The summed E-state index contributed by atoms with van der Waals surface area (Å²) in [5.41, 5.74) is 1.93. The number of hydrogen-bond donors (Lipinski definition) is 0. The number of benzene rings is 1. The Labute approximate surface area is 205 Å². The van der Waals surface area contributed by atoms with E-state index in [1.807, 2.05) is 44.0 Å². The van der Waals surface area contributed by atoms with Crippen molar-refractivity contribution >= 4 is 22.8 Å². The number of carbonyl (C=O) groups excluding carboxylic acids is 2. The third-order valence-corrected chi connectivity index (χ3v) is 6.86. The Morgan fingerprint density at radius 1 is 1.31 bits per heavy atom. The Morgan fingerprint density at radius 3 is 2.80 bits per heavy atom. The number of piperidine rings is 1. The molecule has 1 fully saturated rings. The number of hydrogen-bond acceptors (Lipinski definition) is 4. The molecule has 2 aromatic heterocycles. The van der Waals surface area contributed by atoms with Gasteiger partial charge < -0.3 is 14.2 Å². The van der Waals surface area contributed by atoms with Crippen LogP contribution in [0.2, 0.25) is 0 Å². The first-order chi connectivity index (χ1) is 16.8. The molecule has 0 aliphatic carbocycles. The molecule has 1 atom stereocenters. The minimum absolute atomic E-state index is 0.0610. The molecule has 3 aromatic rings. The minimum atomic E-state index is -0.346. The van der Waals surface area contributed by atoms with Crippen LogP contribution in [0.4, 0.5) is 4.39 Å². The van der Waals surface area contributed by atoms with E-state index < -0.39 is 0 Å². The number of aromatic nitrogens is 2. The summed E-state index contributed by atoms with van der Waals surface area (Å²) in [6.45, 7) is 8.38. The maximum atomic E-state index is 15.9. The van der Waals surface area contributed by atoms with Crippen LogP contribution in [-0.2, 0) is 11.3 Å². The van der Waals surface area contributed by atoms with Gasteiger partial charge in [0.15, 0.2) is 5.76 Å². The number of carbonyl (C=O) groups is 2. The van der Waals surface area contributed by atoms with Crippen LogP contribution < -0.4 is 0 Å². The van der Waals surface area contributed by atoms with Gasteiger partial charge in [0.05, 0.1) is 5.39 Å². The van der Waals surface area contributed by atoms with E-state index in [-0.39, 0.29) is 35.2 Å². The fraction of sp³-hybridized carbons (Fsp3) is 0.519. The van der Waals surface area contributed by atoms with E-state index in [0.717, 1.165) is 24.8 Å². The number of furan rings is 1. The van der Waals surface area contributed by atoms with E-state index in [0.29, 0.717) is 49.1 Å². The van der Waals surface area contributed by atoms with E-state index in [1.165, 1.54) is 0 Å². The Morgan fingerprint density at radius 2 is 2.11 bits per heavy atom. The van der Waals surface area contributed by atoms with Crippen molar-refractivity contribution in [1.29, 1.82) is 0 Å². The van der Waals surface area contributed by atoms with Crippen molar-refractivity contribution < 1.29 is 18.4 Å². The summed E-state index contributed by atoms with van der Waals surface area (Å²) in [4.78, 5) is 29.1. The highest BCUT2D eigenvalue weighted by Crippen LogP contribution is 2.38. The van der Waals surface area contributed by atoms with Crippen molar-refractivity contribution in [3.63, 3.8) is 0 Å². The summed E-state index contributed by atoms with van der Waals surface area (Å²) < 4.78 is 23.6. The normalized spacial score (nSPS) is 16.3. The quantitative estimate of drug-likeness (QED) is 0.444. The minimum Gasteiger partial charge on any atom is -0.450 e. The Hall–Kier alpha value is -3.16. The van der Waals surface area contributed by atoms with Crippen molar-refractivity contribution in [3.8, 4) is 0 Å². The van der Waals surface area contributed by atoms with Gasteiger partial charge in [-0.1, -0.05) is 20.8 Å². The lowest BCUT2D eigenvalue weighted by Gasteiger charge is -2.33. The lowest BCUT2D eigenvalue weighted by atomic mass is 9.86. The Bertz CT molecular complexity index is 1180. The lowest BCUT2D eigenvalue weighted by Crippen LogP contribution is -2.39. The van der Waals surface area contributed by atoms with Gasteiger partial charge in [0.2, 0.25) is 5.91 Å². The third-order valence-electron chi connectivity index (χ3n) is 6.86. The number of rotatable bonds is 8. The van der Waals surface area contributed by atoms with Crippen LogP contribution >= 0.6 is 0 Å². The first kappa shape index (κ1) is 24.9. The largest absolute Gasteiger partial charge is 0.450 e. The van der Waals surface area contributed by atoms with Gasteiger partial charge in [0.25, 0.3) is 5.91 Å². The first-order valence-corrected chi connectivity index (χ1v) is 12.6. The molecule has 188 valence electrons. The molecule has 0 unspecified atom stereocenters. The molecular weight excluding hydrogens is 447 g/mol. The highest BCUT2D eigenvalue weighted by atomic mass is 19.1. The van der Waals surface area contributed by atoms with Gasteiger partial charge in [-0.15, -0.1) is 0 Å². The van der Waals surface area contributed by atoms with E-state index in [4.69, 9.17) is 4.42 Å². The zero-order chi connectivity index (χ0) is 25.1. The second kappa shape index (κ2) is 10.6. The summed E-state index contributed by atoms with van der Waals surface area (Å²) in [5.74, 6) is -0.378. The molecule has 4 rings (SSSR count). The second-order valence-electron chi connectivity index (χ2n) is 9.80. The SMILES string of the molecule is CCCN(C)C(=O)c1cc2c(F)c([C@@H]3CCCN(C(=O)CCn4cccn4)C3)cc(C(C)C)c2o1. The monoisotopic (exact) mass is 482 g/mol. The average Bonchev–Trinajstić information content (AvgIpc) is 3.53. The zero-order valence-electron chi connectivity index (χ0n) is 21.1. The van der Waals surface area contributed by atoms with Crippen molar-refractivity contribution in [1.82, 2.24) is 19.6 Å². The Balaban J connectivity index is 1.60. The van der Waals surface area contributed by atoms with Crippen LogP contribution in [0.1, 0.15) is 80.0 Å². The molecule has 3 heterocycles. The summed E-state index contributed by atoms with van der Waals surface area (Å²) in [5, 5.41) is 4.51. The second-order valence-corrected chi connectivity index (χ2v) is 9.80. The van der Waals surface area contributed by atoms with Gasteiger partial charge in [-0.05, 0) is 48.4 Å². The topological polar surface area (TPSA) is 71.6 Å². The van der Waals surface area contributed by atoms with Crippen LogP contribution in [0.3, 0.4) is 0 Å². The van der Waals surface area contributed by atoms with Gasteiger partial charge in [0.1, 0.15) is 11.4 Å². The van der Waals surface area contributed by atoms with Crippen LogP contribution in [-0.4, -0.2) is 58.1 Å². The maximum Gasteiger partial charge on any atom is 0.289 e. The molecule has 1 aliphatic rings. The summed E-state index contributed by atoms with van der Waals surface area (Å²) in [6.07, 6.45) is 6.37. The van der Waals surface area contributed by atoms with Crippen molar-refractivity contribution in [3.05, 3.63) is 53.3 Å². The van der Waals surface area contributed by atoms with Gasteiger partial charge in [-0.25, -0.2) is 4.39 Å². The van der Waals surface area contributed by atoms with Gasteiger partial charge in [0, 0.05) is 64.0 Å². The highest BCUT2D eigenvalue weighted by molar-refractivity contribution is 5.97. The average molecular weight is 483 g/mol. The molecule has 7 nitrogen and oxygen atoms in total. The predicted octanol–water partition coefficient (Wildman–Crippen LogP) is 5.17. The number of halogens is 1. The van der Waals surface area contributed by atoms with Crippen molar-refractivity contribution in [2.24, 2.45) is 0 Å². The zero-order valence-corrected chi connectivity index (χ0v) is 21.1. The van der Waals surface area contributed by atoms with Gasteiger partial charge >= 0.3 is 0 Å². The number of nitrogens with zero attached hydrogens (tertiary/aromatic N) is 4. The molecule has 0 saturated carbocycles. The van der Waals surface area contributed by atoms with E-state index in [2.05, 4.69) is 5.10 Å². The lowest BCUT2D eigenvalue weighted by molar-refractivity contribution is -0.132. The standard InChI is InChI=1S/C27H35FN4O3/c1-5-11-30(4)27(34)23-16-22-25(28)21(15-20(18(2)3)26(22)35-23)19-8-6-12-31(17-19)24(33)9-14-32-13-7-10-29-32/h7,10,13,15-16,18-19H,5-6,8-9,11-12,14,17H2,1-4H3/t19-/m1/s1. The summed E-state index contributed by atoms with van der Waals surface area (Å²) in [6, 6.07) is 5.27. The number of aryl methyl sites for hydroxylation is 1. The third kappa shape index (κ3) is 5.26. The predicted molar refractivity (Wildman–Crippen MR) is 133 cm³/mol. The van der Waals surface area contributed by atoms with Gasteiger partial charge in [-0.3, -0.25) is 14.3 Å². The maximum absolute atomic E-state index is 15.9. The molecular formula is C27H35FN4O3. The van der Waals surface area contributed by atoms with Crippen LogP contribution in [0.25, 0.3) is 11.0 Å². The van der Waals surface area contributed by atoms with Crippen LogP contribution in [0.5, 0.6) is 0 Å². The number of fused-ring (bicyclic) bond motifs is 1. The molecule has 1 saturated heterocycles. The van der Waals surface area contributed by atoms with Crippen molar-refractivity contribution in [2.45, 2.75) is 64.8 Å². The molecule has 1 aliphatic heterocycles. The summed E-state index contributed by atoms with van der Waals surface area (Å²) in [7, 11) is 1.73. The number of amides is 2. The fourth-order valence-corrected chi connectivity index (χ4v) is 4.94. The molecule has 0 N–H and O–H groups in total. The molecule has 0 spiro atoms. The Kier molecular flexibility index (Phi) is 7.57. The van der Waals surface area contributed by atoms with E-state index >= 15 is 4.39 Å². The van der Waals surface area contributed by atoms with E-state index in [1.54, 1.807) is 28.9 Å². The molecule has 0 bridgehead atoms. The van der Waals surface area contributed by atoms with Crippen LogP contribution in [0, 0.1) is 5.82 Å². The summed E-state index contributed by atoms with van der Waals surface area (Å²) >= 11 is 0. The highest BCUT2D eigenvalue weighted by Gasteiger charge is 2.30.